The maximum Gasteiger partial charge on any atom is 0.0602 e. The topological polar surface area (TPSA) is 15.3 Å². The van der Waals surface area contributed by atoms with Gasteiger partial charge in [-0.3, -0.25) is 0 Å². The molecule has 1 aliphatic heterocycles. The molecule has 0 amide bonds. The van der Waals surface area contributed by atoms with Crippen LogP contribution in [0.1, 0.15) is 30.7 Å². The lowest BCUT2D eigenvalue weighted by molar-refractivity contribution is 0.898. The molecule has 0 bridgehead atoms. The van der Waals surface area contributed by atoms with Crippen LogP contribution >= 0.6 is 27.3 Å². The van der Waals surface area contributed by atoms with Crippen LogP contribution in [0.25, 0.3) is 0 Å². The van der Waals surface area contributed by atoms with Gasteiger partial charge >= 0.3 is 0 Å². The van der Waals surface area contributed by atoms with Crippen molar-refractivity contribution in [2.75, 3.05) is 23.3 Å². The average Bonchev–Trinajstić information content (AvgIpc) is 3.10. The monoisotopic (exact) mass is 350 g/mol. The molecule has 106 valence electrons. The Kier molecular flexibility index (Phi) is 4.32. The molecule has 0 aliphatic carbocycles. The zero-order valence-electron chi connectivity index (χ0n) is 11.6. The van der Waals surface area contributed by atoms with Crippen molar-refractivity contribution in [1.82, 2.24) is 0 Å². The fourth-order valence-electron chi connectivity index (χ4n) is 2.69. The van der Waals surface area contributed by atoms with Crippen molar-refractivity contribution in [2.45, 2.75) is 25.8 Å². The molecular formula is C16H19BrN2S. The van der Waals surface area contributed by atoms with Crippen LogP contribution in [-0.4, -0.2) is 13.1 Å². The molecular weight excluding hydrogens is 332 g/mol. The molecule has 4 heteroatoms. The third-order valence-electron chi connectivity index (χ3n) is 3.74. The fourth-order valence-corrected chi connectivity index (χ4v) is 4.14. The van der Waals surface area contributed by atoms with Gasteiger partial charge in [0.15, 0.2) is 0 Å². The lowest BCUT2D eigenvalue weighted by Crippen LogP contribution is -2.19. The predicted octanol–water partition coefficient (Wildman–Crippen LogP) is 5.28. The summed E-state index contributed by atoms with van der Waals surface area (Å²) in [5.74, 6) is 0. The first-order valence-electron chi connectivity index (χ1n) is 7.08. The Morgan fingerprint density at radius 1 is 1.25 bits per heavy atom. The highest BCUT2D eigenvalue weighted by Gasteiger charge is 2.17. The number of nitrogens with one attached hydrogen (secondary N) is 1. The van der Waals surface area contributed by atoms with Crippen molar-refractivity contribution in [3.05, 3.63) is 45.1 Å². The second-order valence-corrected chi connectivity index (χ2v) is 7.10. The third-order valence-corrected chi connectivity index (χ3v) is 5.61. The van der Waals surface area contributed by atoms with E-state index in [1.54, 1.807) is 11.3 Å². The highest BCUT2D eigenvalue weighted by atomic mass is 79.9. The van der Waals surface area contributed by atoms with Crippen LogP contribution in [0.4, 0.5) is 11.4 Å². The number of halogens is 1. The maximum atomic E-state index is 3.66. The summed E-state index contributed by atoms with van der Waals surface area (Å²) in [6, 6.07) is 11.2. The van der Waals surface area contributed by atoms with Crippen molar-refractivity contribution >= 4 is 38.6 Å². The van der Waals surface area contributed by atoms with E-state index in [1.165, 1.54) is 46.7 Å². The SMILES string of the molecule is CC(Nc1ccccc1N1CCCC1)c1cc(Br)cs1. The van der Waals surface area contributed by atoms with E-state index in [0.717, 1.165) is 0 Å². The first kappa shape index (κ1) is 14.0. The van der Waals surface area contributed by atoms with E-state index >= 15 is 0 Å². The fraction of sp³-hybridized carbons (Fsp3) is 0.375. The van der Waals surface area contributed by atoms with Crippen LogP contribution in [0.2, 0.25) is 0 Å². The van der Waals surface area contributed by atoms with E-state index in [1.807, 2.05) is 0 Å². The van der Waals surface area contributed by atoms with Gasteiger partial charge in [0.2, 0.25) is 0 Å². The van der Waals surface area contributed by atoms with Crippen molar-refractivity contribution in [2.24, 2.45) is 0 Å². The summed E-state index contributed by atoms with van der Waals surface area (Å²) in [5.41, 5.74) is 2.58. The van der Waals surface area contributed by atoms with Gasteiger partial charge < -0.3 is 10.2 Å². The minimum atomic E-state index is 0.329. The molecule has 0 radical (unpaired) electrons. The second-order valence-electron chi connectivity index (χ2n) is 5.24. The number of hydrogen-bond donors (Lipinski definition) is 1. The van der Waals surface area contributed by atoms with E-state index in [0.29, 0.717) is 6.04 Å². The van der Waals surface area contributed by atoms with Gasteiger partial charge in [-0.1, -0.05) is 12.1 Å². The number of hydrogen-bond acceptors (Lipinski definition) is 3. The predicted molar refractivity (Wildman–Crippen MR) is 91.9 cm³/mol. The van der Waals surface area contributed by atoms with E-state index in [9.17, 15) is 0 Å². The smallest absolute Gasteiger partial charge is 0.0602 e. The Labute approximate surface area is 132 Å². The molecule has 3 rings (SSSR count). The molecule has 1 unspecified atom stereocenters. The number of nitrogens with zero attached hydrogens (tertiary/aromatic N) is 1. The Bertz CT molecular complexity index is 575. The van der Waals surface area contributed by atoms with E-state index in [2.05, 4.69) is 68.8 Å². The second kappa shape index (κ2) is 6.19. The standard InChI is InChI=1S/C16H19BrN2S/c1-12(16-10-13(17)11-20-16)18-14-6-2-3-7-15(14)19-8-4-5-9-19/h2-3,6-7,10-12,18H,4-5,8-9H2,1H3. The van der Waals surface area contributed by atoms with E-state index in [4.69, 9.17) is 0 Å². The summed E-state index contributed by atoms with van der Waals surface area (Å²) in [4.78, 5) is 3.84. The number of para-hydroxylation sites is 2. The normalized spacial score (nSPS) is 16.4. The van der Waals surface area contributed by atoms with Crippen molar-refractivity contribution < 1.29 is 0 Å². The molecule has 0 spiro atoms. The Morgan fingerprint density at radius 2 is 2.00 bits per heavy atom. The molecule has 20 heavy (non-hydrogen) atoms. The molecule has 0 saturated carbocycles. The molecule has 1 fully saturated rings. The summed E-state index contributed by atoms with van der Waals surface area (Å²) in [6.45, 7) is 4.58. The van der Waals surface area contributed by atoms with Gasteiger partial charge in [-0.15, -0.1) is 11.3 Å². The zero-order valence-corrected chi connectivity index (χ0v) is 14.0. The minimum Gasteiger partial charge on any atom is -0.376 e. The first-order valence-corrected chi connectivity index (χ1v) is 8.76. The van der Waals surface area contributed by atoms with Gasteiger partial charge in [-0.25, -0.2) is 0 Å². The zero-order chi connectivity index (χ0) is 13.9. The average molecular weight is 351 g/mol. The summed E-state index contributed by atoms with van der Waals surface area (Å²) >= 11 is 5.32. The highest BCUT2D eigenvalue weighted by Crippen LogP contribution is 2.33. The van der Waals surface area contributed by atoms with Gasteiger partial charge in [0.05, 0.1) is 17.4 Å². The third kappa shape index (κ3) is 3.01. The Morgan fingerprint density at radius 3 is 2.70 bits per heavy atom. The van der Waals surface area contributed by atoms with Gasteiger partial charge in [0.25, 0.3) is 0 Å². The summed E-state index contributed by atoms with van der Waals surface area (Å²) in [5, 5.41) is 5.80. The van der Waals surface area contributed by atoms with E-state index < -0.39 is 0 Å². The summed E-state index contributed by atoms with van der Waals surface area (Å²) in [6.07, 6.45) is 2.61. The number of rotatable bonds is 4. The van der Waals surface area contributed by atoms with Crippen molar-refractivity contribution in [1.29, 1.82) is 0 Å². The molecule has 1 aromatic carbocycles. The summed E-state index contributed by atoms with van der Waals surface area (Å²) in [7, 11) is 0. The van der Waals surface area contributed by atoms with Crippen LogP contribution in [0, 0.1) is 0 Å². The van der Waals surface area contributed by atoms with Crippen LogP contribution in [0.3, 0.4) is 0 Å². The molecule has 2 heterocycles. The first-order chi connectivity index (χ1) is 9.74. The molecule has 1 aliphatic rings. The van der Waals surface area contributed by atoms with Crippen molar-refractivity contribution in [3.8, 4) is 0 Å². The lowest BCUT2D eigenvalue weighted by Gasteiger charge is -2.24. The molecule has 2 aromatic rings. The molecule has 1 aromatic heterocycles. The largest absolute Gasteiger partial charge is 0.376 e. The molecule has 1 saturated heterocycles. The Hall–Kier alpha value is -1.000. The van der Waals surface area contributed by atoms with Crippen LogP contribution in [0.15, 0.2) is 40.2 Å². The van der Waals surface area contributed by atoms with Crippen LogP contribution in [0.5, 0.6) is 0 Å². The van der Waals surface area contributed by atoms with Gasteiger partial charge in [-0.05, 0) is 53.9 Å². The van der Waals surface area contributed by atoms with Gasteiger partial charge in [-0.2, -0.15) is 0 Å². The van der Waals surface area contributed by atoms with E-state index in [-0.39, 0.29) is 0 Å². The molecule has 2 nitrogen and oxygen atoms in total. The molecule has 1 N–H and O–H groups in total. The summed E-state index contributed by atoms with van der Waals surface area (Å²) < 4.78 is 1.17. The van der Waals surface area contributed by atoms with Gasteiger partial charge in [0, 0.05) is 27.8 Å². The van der Waals surface area contributed by atoms with Gasteiger partial charge in [0.1, 0.15) is 0 Å². The maximum absolute atomic E-state index is 3.66. The number of thiophene rings is 1. The van der Waals surface area contributed by atoms with Crippen LogP contribution in [-0.2, 0) is 0 Å². The molecule has 1 atom stereocenters. The highest BCUT2D eigenvalue weighted by molar-refractivity contribution is 9.10. The number of anilines is 2. The van der Waals surface area contributed by atoms with Crippen LogP contribution < -0.4 is 10.2 Å². The number of benzene rings is 1. The Balaban J connectivity index is 1.79. The quantitative estimate of drug-likeness (QED) is 0.806. The lowest BCUT2D eigenvalue weighted by atomic mass is 10.2. The minimum absolute atomic E-state index is 0.329. The van der Waals surface area contributed by atoms with Crippen molar-refractivity contribution in [3.63, 3.8) is 0 Å².